The zero-order chi connectivity index (χ0) is 15.4. The van der Waals surface area contributed by atoms with Gasteiger partial charge < -0.3 is 5.32 Å². The average molecular weight is 390 g/mol. The van der Waals surface area contributed by atoms with E-state index in [2.05, 4.69) is 21.2 Å². The number of hydrogen-bond donors (Lipinski definition) is 1. The summed E-state index contributed by atoms with van der Waals surface area (Å²) in [5.74, 6) is 0. The molecule has 7 heteroatoms. The number of nitrogens with one attached hydrogen (secondary N) is 1. The zero-order valence-corrected chi connectivity index (χ0v) is 13.9. The van der Waals surface area contributed by atoms with Gasteiger partial charge in [-0.1, -0.05) is 35.3 Å². The quantitative estimate of drug-likeness (QED) is 0.427. The van der Waals surface area contributed by atoms with Crippen molar-refractivity contribution in [1.82, 2.24) is 0 Å². The van der Waals surface area contributed by atoms with E-state index >= 15 is 0 Å². The number of rotatable bonds is 5. The SMILES string of the molecule is O=[N+]([O-])c1ccc(CCNc2ccc(Br)c(Cl)c2Cl)cc1. The van der Waals surface area contributed by atoms with Crippen molar-refractivity contribution in [2.45, 2.75) is 6.42 Å². The van der Waals surface area contributed by atoms with Gasteiger partial charge in [-0.15, -0.1) is 0 Å². The van der Waals surface area contributed by atoms with Gasteiger partial charge >= 0.3 is 0 Å². The summed E-state index contributed by atoms with van der Waals surface area (Å²) in [6.45, 7) is 0.648. The molecular weight excluding hydrogens is 379 g/mol. The van der Waals surface area contributed by atoms with Crippen molar-refractivity contribution in [1.29, 1.82) is 0 Å². The van der Waals surface area contributed by atoms with E-state index in [1.54, 1.807) is 12.1 Å². The van der Waals surface area contributed by atoms with Crippen LogP contribution in [0.15, 0.2) is 40.9 Å². The minimum Gasteiger partial charge on any atom is -0.383 e. The van der Waals surface area contributed by atoms with Crippen molar-refractivity contribution in [2.75, 3.05) is 11.9 Å². The van der Waals surface area contributed by atoms with Crippen molar-refractivity contribution < 1.29 is 4.92 Å². The van der Waals surface area contributed by atoms with Crippen LogP contribution in [0.5, 0.6) is 0 Å². The largest absolute Gasteiger partial charge is 0.383 e. The fourth-order valence-electron chi connectivity index (χ4n) is 1.79. The second kappa shape index (κ2) is 7.11. The molecule has 0 fully saturated rings. The van der Waals surface area contributed by atoms with Crippen LogP contribution in [0.3, 0.4) is 0 Å². The molecular formula is C14H11BrCl2N2O2. The minimum absolute atomic E-state index is 0.0921. The molecule has 2 aromatic carbocycles. The maximum Gasteiger partial charge on any atom is 0.269 e. The van der Waals surface area contributed by atoms with Crippen molar-refractivity contribution in [3.63, 3.8) is 0 Å². The highest BCUT2D eigenvalue weighted by molar-refractivity contribution is 9.10. The number of hydrogen-bond acceptors (Lipinski definition) is 3. The number of halogens is 3. The van der Waals surface area contributed by atoms with E-state index in [-0.39, 0.29) is 5.69 Å². The number of nitro benzene ring substituents is 1. The molecule has 0 radical (unpaired) electrons. The smallest absolute Gasteiger partial charge is 0.269 e. The summed E-state index contributed by atoms with van der Waals surface area (Å²) < 4.78 is 0.745. The summed E-state index contributed by atoms with van der Waals surface area (Å²) in [6, 6.07) is 10.2. The Kier molecular flexibility index (Phi) is 5.45. The van der Waals surface area contributed by atoms with Gasteiger partial charge in [-0.25, -0.2) is 0 Å². The fraction of sp³-hybridized carbons (Fsp3) is 0.143. The second-order valence-corrected chi connectivity index (χ2v) is 5.93. The molecule has 0 unspecified atom stereocenters. The third kappa shape index (κ3) is 4.09. The Bertz CT molecular complexity index is 663. The molecule has 2 aromatic rings. The van der Waals surface area contributed by atoms with Crippen LogP contribution < -0.4 is 5.32 Å². The molecule has 0 aliphatic heterocycles. The Hall–Kier alpha value is -1.30. The minimum atomic E-state index is -0.411. The molecule has 0 amide bonds. The molecule has 0 atom stereocenters. The Morgan fingerprint density at radius 1 is 1.10 bits per heavy atom. The Morgan fingerprint density at radius 2 is 1.76 bits per heavy atom. The predicted molar refractivity (Wildman–Crippen MR) is 89.5 cm³/mol. The summed E-state index contributed by atoms with van der Waals surface area (Å²) >= 11 is 15.5. The van der Waals surface area contributed by atoms with Gasteiger partial charge in [-0.05, 0) is 40.0 Å². The molecule has 0 heterocycles. The van der Waals surface area contributed by atoms with Crippen LogP contribution in [0.2, 0.25) is 10.0 Å². The Morgan fingerprint density at radius 3 is 2.38 bits per heavy atom. The summed E-state index contributed by atoms with van der Waals surface area (Å²) in [5.41, 5.74) is 1.86. The van der Waals surface area contributed by atoms with E-state index in [0.29, 0.717) is 16.6 Å². The molecule has 0 aromatic heterocycles. The number of non-ortho nitro benzene ring substituents is 1. The number of nitrogens with zero attached hydrogens (tertiary/aromatic N) is 1. The first kappa shape index (κ1) is 16.1. The normalized spacial score (nSPS) is 10.4. The van der Waals surface area contributed by atoms with Gasteiger partial charge in [-0.3, -0.25) is 10.1 Å². The van der Waals surface area contributed by atoms with Gasteiger partial charge in [0.1, 0.15) is 0 Å². The molecule has 2 rings (SSSR count). The molecule has 0 aliphatic carbocycles. The molecule has 110 valence electrons. The molecule has 0 saturated carbocycles. The fourth-order valence-corrected chi connectivity index (χ4v) is 2.63. The first-order valence-corrected chi connectivity index (χ1v) is 7.64. The van der Waals surface area contributed by atoms with Gasteiger partial charge in [0.2, 0.25) is 0 Å². The predicted octanol–water partition coefficient (Wildman–Crippen LogP) is 5.32. The Labute approximate surface area is 140 Å². The zero-order valence-electron chi connectivity index (χ0n) is 10.8. The van der Waals surface area contributed by atoms with Crippen LogP contribution in [0.25, 0.3) is 0 Å². The van der Waals surface area contributed by atoms with Gasteiger partial charge in [0.05, 0.1) is 20.7 Å². The van der Waals surface area contributed by atoms with Crippen LogP contribution >= 0.6 is 39.1 Å². The first-order chi connectivity index (χ1) is 9.99. The van der Waals surface area contributed by atoms with Crippen LogP contribution in [-0.4, -0.2) is 11.5 Å². The standard InChI is InChI=1S/C14H11BrCl2N2O2/c15-11-5-6-12(14(17)13(11)16)18-8-7-9-1-3-10(4-2-9)19(20)21/h1-6,18H,7-8H2. The highest BCUT2D eigenvalue weighted by Crippen LogP contribution is 2.35. The van der Waals surface area contributed by atoms with Gasteiger partial charge in [0.15, 0.2) is 0 Å². The maximum atomic E-state index is 10.6. The van der Waals surface area contributed by atoms with Crippen molar-refractivity contribution in [3.05, 3.63) is 66.6 Å². The Balaban J connectivity index is 1.95. The van der Waals surface area contributed by atoms with E-state index in [9.17, 15) is 10.1 Å². The lowest BCUT2D eigenvalue weighted by molar-refractivity contribution is -0.384. The number of benzene rings is 2. The summed E-state index contributed by atoms with van der Waals surface area (Å²) in [5, 5.41) is 14.7. The lowest BCUT2D eigenvalue weighted by Crippen LogP contribution is -2.05. The third-order valence-corrected chi connectivity index (χ3v) is 4.68. The molecule has 0 spiro atoms. The van der Waals surface area contributed by atoms with Crippen LogP contribution in [-0.2, 0) is 6.42 Å². The van der Waals surface area contributed by atoms with Gasteiger partial charge in [0.25, 0.3) is 5.69 Å². The molecule has 0 saturated heterocycles. The lowest BCUT2D eigenvalue weighted by atomic mass is 10.1. The van der Waals surface area contributed by atoms with Gasteiger partial charge in [0, 0.05) is 23.2 Å². The maximum absolute atomic E-state index is 10.6. The van der Waals surface area contributed by atoms with Crippen molar-refractivity contribution in [2.24, 2.45) is 0 Å². The third-order valence-electron chi connectivity index (χ3n) is 2.91. The van der Waals surface area contributed by atoms with E-state index in [1.165, 1.54) is 12.1 Å². The van der Waals surface area contributed by atoms with E-state index in [0.717, 1.165) is 22.1 Å². The van der Waals surface area contributed by atoms with E-state index in [1.807, 2.05) is 12.1 Å². The monoisotopic (exact) mass is 388 g/mol. The number of anilines is 1. The molecule has 1 N–H and O–H groups in total. The molecule has 4 nitrogen and oxygen atoms in total. The summed E-state index contributed by atoms with van der Waals surface area (Å²) in [6.07, 6.45) is 0.724. The van der Waals surface area contributed by atoms with E-state index < -0.39 is 4.92 Å². The van der Waals surface area contributed by atoms with E-state index in [4.69, 9.17) is 23.2 Å². The topological polar surface area (TPSA) is 55.2 Å². The average Bonchev–Trinajstić information content (AvgIpc) is 2.48. The number of nitro groups is 1. The molecule has 0 aliphatic rings. The molecule has 21 heavy (non-hydrogen) atoms. The lowest BCUT2D eigenvalue weighted by Gasteiger charge is -2.10. The van der Waals surface area contributed by atoms with Gasteiger partial charge in [-0.2, -0.15) is 0 Å². The van der Waals surface area contributed by atoms with Crippen LogP contribution in [0.1, 0.15) is 5.56 Å². The summed E-state index contributed by atoms with van der Waals surface area (Å²) in [4.78, 5) is 10.2. The van der Waals surface area contributed by atoms with Crippen molar-refractivity contribution in [3.8, 4) is 0 Å². The summed E-state index contributed by atoms with van der Waals surface area (Å²) in [7, 11) is 0. The highest BCUT2D eigenvalue weighted by Gasteiger charge is 2.08. The van der Waals surface area contributed by atoms with Crippen LogP contribution in [0.4, 0.5) is 11.4 Å². The second-order valence-electron chi connectivity index (χ2n) is 4.32. The van der Waals surface area contributed by atoms with Crippen molar-refractivity contribution >= 4 is 50.5 Å². The highest BCUT2D eigenvalue weighted by atomic mass is 79.9. The first-order valence-electron chi connectivity index (χ1n) is 6.09. The molecule has 0 bridgehead atoms. The van der Waals surface area contributed by atoms with Crippen LogP contribution in [0, 0.1) is 10.1 Å².